The first-order valence-electron chi connectivity index (χ1n) is 9.73. The average Bonchev–Trinajstić information content (AvgIpc) is 3.22. The van der Waals surface area contributed by atoms with Gasteiger partial charge in [0.1, 0.15) is 5.75 Å². The average molecular weight is 400 g/mol. The molecular weight excluding hydrogens is 372 g/mol. The first kappa shape index (κ1) is 20.7. The van der Waals surface area contributed by atoms with Crippen molar-refractivity contribution < 1.29 is 18.7 Å². The van der Waals surface area contributed by atoms with Gasteiger partial charge in [0.15, 0.2) is 12.2 Å². The molecule has 0 unspecified atom stereocenters. The molecule has 1 aromatic heterocycles. The lowest BCUT2D eigenvalue weighted by atomic mass is 9.84. The first-order valence-corrected chi connectivity index (χ1v) is 9.73. The number of piperidine rings is 1. The van der Waals surface area contributed by atoms with Crippen LogP contribution in [0.25, 0.3) is 11.3 Å². The number of anilines is 1. The summed E-state index contributed by atoms with van der Waals surface area (Å²) in [5.41, 5.74) is 6.55. The monoisotopic (exact) mass is 400 g/mol. The molecule has 8 nitrogen and oxygen atoms in total. The summed E-state index contributed by atoms with van der Waals surface area (Å²) < 4.78 is 10.9. The number of hydrogen-bond acceptors (Lipinski definition) is 6. The van der Waals surface area contributed by atoms with E-state index in [1.807, 2.05) is 26.0 Å². The lowest BCUT2D eigenvalue weighted by Crippen LogP contribution is -2.50. The lowest BCUT2D eigenvalue weighted by Gasteiger charge is -2.37. The van der Waals surface area contributed by atoms with Crippen molar-refractivity contribution in [3.8, 4) is 17.1 Å². The maximum Gasteiger partial charge on any atom is 0.309 e. The molecule has 3 N–H and O–H groups in total. The predicted octanol–water partition coefficient (Wildman–Crippen LogP) is 2.34. The number of methoxy groups -OCH3 is 1. The molecule has 3 rings (SSSR count). The quantitative estimate of drug-likeness (QED) is 0.720. The number of carbonyl (C=O) groups is 2. The second-order valence-corrected chi connectivity index (χ2v) is 8.09. The second kappa shape index (κ2) is 8.55. The molecule has 0 radical (unpaired) electrons. The molecule has 1 saturated heterocycles. The molecule has 2 aromatic rings. The molecule has 8 heteroatoms. The van der Waals surface area contributed by atoms with Gasteiger partial charge in [0.25, 0.3) is 0 Å². The molecule has 29 heavy (non-hydrogen) atoms. The summed E-state index contributed by atoms with van der Waals surface area (Å²) in [7, 11) is 1.65. The van der Waals surface area contributed by atoms with E-state index in [1.54, 1.807) is 13.3 Å². The molecule has 2 heterocycles. The van der Waals surface area contributed by atoms with E-state index in [0.717, 1.165) is 49.4 Å². The topological polar surface area (TPSA) is 111 Å². The molecule has 0 saturated carbocycles. The molecule has 1 aliphatic rings. The summed E-state index contributed by atoms with van der Waals surface area (Å²) in [6, 6.07) is 6.08. The van der Waals surface area contributed by atoms with Crippen LogP contribution in [0.2, 0.25) is 0 Å². The van der Waals surface area contributed by atoms with E-state index in [9.17, 15) is 9.59 Å². The second-order valence-electron chi connectivity index (χ2n) is 8.09. The maximum absolute atomic E-state index is 11.6. The molecule has 2 amide bonds. The summed E-state index contributed by atoms with van der Waals surface area (Å²) in [6.07, 6.45) is 5.88. The normalized spacial score (nSPS) is 15.2. The molecule has 0 atom stereocenters. The van der Waals surface area contributed by atoms with Crippen molar-refractivity contribution in [2.75, 3.05) is 25.1 Å². The van der Waals surface area contributed by atoms with Crippen molar-refractivity contribution in [3.05, 3.63) is 30.8 Å². The number of primary amides is 1. The molecular formula is C21H28N4O4. The molecule has 0 bridgehead atoms. The standard InChI is InChI=1S/C21H28N4O4/c1-21(2,24-20(27)19(22)26)11-14-6-8-25(9-7-14)15-4-5-16(17(10-15)28-3)18-12-23-13-29-18/h4-5,10,12-14H,6-9,11H2,1-3H3,(H2,22,26)(H,24,27). The van der Waals surface area contributed by atoms with Crippen LogP contribution in [0.15, 0.2) is 35.2 Å². The van der Waals surface area contributed by atoms with E-state index >= 15 is 0 Å². The Morgan fingerprint density at radius 2 is 2.07 bits per heavy atom. The highest BCUT2D eigenvalue weighted by molar-refractivity contribution is 6.34. The maximum atomic E-state index is 11.6. The largest absolute Gasteiger partial charge is 0.496 e. The zero-order chi connectivity index (χ0) is 21.0. The van der Waals surface area contributed by atoms with Gasteiger partial charge in [0, 0.05) is 30.4 Å². The highest BCUT2D eigenvalue weighted by Gasteiger charge is 2.29. The van der Waals surface area contributed by atoms with E-state index in [0.29, 0.717) is 11.7 Å². The van der Waals surface area contributed by atoms with Crippen LogP contribution in [0.4, 0.5) is 5.69 Å². The van der Waals surface area contributed by atoms with Crippen molar-refractivity contribution in [1.29, 1.82) is 0 Å². The minimum absolute atomic E-state index is 0.463. The van der Waals surface area contributed by atoms with E-state index in [4.69, 9.17) is 14.9 Å². The van der Waals surface area contributed by atoms with E-state index in [-0.39, 0.29) is 0 Å². The fourth-order valence-corrected chi connectivity index (χ4v) is 3.97. The minimum atomic E-state index is -0.949. The third-order valence-corrected chi connectivity index (χ3v) is 5.34. The van der Waals surface area contributed by atoms with Gasteiger partial charge in [0.2, 0.25) is 0 Å². The number of nitrogens with zero attached hydrogens (tertiary/aromatic N) is 2. The van der Waals surface area contributed by atoms with Gasteiger partial charge in [0.05, 0.1) is 18.9 Å². The van der Waals surface area contributed by atoms with Gasteiger partial charge in [-0.3, -0.25) is 9.59 Å². The Morgan fingerprint density at radius 3 is 2.66 bits per heavy atom. The van der Waals surface area contributed by atoms with Gasteiger partial charge in [-0.05, 0) is 51.2 Å². The third-order valence-electron chi connectivity index (χ3n) is 5.34. The number of amides is 2. The van der Waals surface area contributed by atoms with Gasteiger partial charge in [-0.25, -0.2) is 4.98 Å². The zero-order valence-electron chi connectivity index (χ0n) is 17.1. The molecule has 0 spiro atoms. The molecule has 0 aliphatic carbocycles. The fraction of sp³-hybridized carbons (Fsp3) is 0.476. The number of oxazole rings is 1. The number of benzene rings is 1. The van der Waals surface area contributed by atoms with Gasteiger partial charge in [-0.2, -0.15) is 0 Å². The SMILES string of the molecule is COc1cc(N2CCC(CC(C)(C)NC(=O)C(N)=O)CC2)ccc1-c1cnco1. The Bertz CT molecular complexity index is 856. The highest BCUT2D eigenvalue weighted by atomic mass is 16.5. The number of nitrogens with one attached hydrogen (secondary N) is 1. The Morgan fingerprint density at radius 1 is 1.34 bits per heavy atom. The van der Waals surface area contributed by atoms with Crippen molar-refractivity contribution in [2.45, 2.75) is 38.6 Å². The molecule has 1 fully saturated rings. The van der Waals surface area contributed by atoms with Crippen LogP contribution in [0.3, 0.4) is 0 Å². The van der Waals surface area contributed by atoms with Crippen LogP contribution < -0.4 is 20.7 Å². The minimum Gasteiger partial charge on any atom is -0.496 e. The Labute approximate surface area is 170 Å². The van der Waals surface area contributed by atoms with Crippen LogP contribution in [-0.4, -0.2) is 42.5 Å². The number of nitrogens with two attached hydrogens (primary N) is 1. The van der Waals surface area contributed by atoms with E-state index < -0.39 is 17.4 Å². The van der Waals surface area contributed by atoms with Gasteiger partial charge >= 0.3 is 11.8 Å². The van der Waals surface area contributed by atoms with E-state index in [2.05, 4.69) is 21.3 Å². The van der Waals surface area contributed by atoms with Crippen LogP contribution in [-0.2, 0) is 9.59 Å². The summed E-state index contributed by atoms with van der Waals surface area (Å²) in [4.78, 5) is 28.9. The third kappa shape index (κ3) is 5.07. The van der Waals surface area contributed by atoms with Crippen LogP contribution in [0.1, 0.15) is 33.1 Å². The molecule has 1 aromatic carbocycles. The number of hydrogen-bond donors (Lipinski definition) is 2. The summed E-state index contributed by atoms with van der Waals surface area (Å²) >= 11 is 0. The summed E-state index contributed by atoms with van der Waals surface area (Å²) in [5.74, 6) is 0.204. The zero-order valence-corrected chi connectivity index (χ0v) is 17.1. The van der Waals surface area contributed by atoms with Crippen LogP contribution >= 0.6 is 0 Å². The first-order chi connectivity index (χ1) is 13.8. The Hall–Kier alpha value is -3.03. The van der Waals surface area contributed by atoms with E-state index in [1.165, 1.54) is 6.39 Å². The van der Waals surface area contributed by atoms with Crippen molar-refractivity contribution in [1.82, 2.24) is 10.3 Å². The predicted molar refractivity (Wildman–Crippen MR) is 109 cm³/mol. The van der Waals surface area contributed by atoms with Crippen LogP contribution in [0.5, 0.6) is 5.75 Å². The van der Waals surface area contributed by atoms with Gasteiger partial charge < -0.3 is 25.1 Å². The smallest absolute Gasteiger partial charge is 0.309 e. The summed E-state index contributed by atoms with van der Waals surface area (Å²) in [6.45, 7) is 5.67. The summed E-state index contributed by atoms with van der Waals surface area (Å²) in [5, 5.41) is 2.72. The van der Waals surface area contributed by atoms with Gasteiger partial charge in [-0.1, -0.05) is 0 Å². The Kier molecular flexibility index (Phi) is 6.10. The number of carbonyl (C=O) groups excluding carboxylic acids is 2. The number of rotatable bonds is 6. The van der Waals surface area contributed by atoms with Gasteiger partial charge in [-0.15, -0.1) is 0 Å². The fourth-order valence-electron chi connectivity index (χ4n) is 3.97. The Balaban J connectivity index is 1.61. The highest BCUT2D eigenvalue weighted by Crippen LogP contribution is 2.35. The number of ether oxygens (including phenoxy) is 1. The van der Waals surface area contributed by atoms with Crippen molar-refractivity contribution >= 4 is 17.5 Å². The lowest BCUT2D eigenvalue weighted by molar-refractivity contribution is -0.138. The number of aromatic nitrogens is 1. The molecule has 1 aliphatic heterocycles. The van der Waals surface area contributed by atoms with Crippen molar-refractivity contribution in [3.63, 3.8) is 0 Å². The molecule has 156 valence electrons. The van der Waals surface area contributed by atoms with Crippen molar-refractivity contribution in [2.24, 2.45) is 11.7 Å². The van der Waals surface area contributed by atoms with Crippen LogP contribution in [0, 0.1) is 5.92 Å².